The Kier molecular flexibility index (Phi) is 3.79. The normalized spacial score (nSPS) is 11.2. The van der Waals surface area contributed by atoms with Gasteiger partial charge in [-0.3, -0.25) is 4.79 Å². The van der Waals surface area contributed by atoms with Crippen molar-refractivity contribution in [1.82, 2.24) is 4.57 Å². The zero-order valence-corrected chi connectivity index (χ0v) is 11.5. The zero-order valence-electron chi connectivity index (χ0n) is 11.5. The summed E-state index contributed by atoms with van der Waals surface area (Å²) in [6.45, 7) is 4.60. The van der Waals surface area contributed by atoms with Crippen LogP contribution in [0.5, 0.6) is 5.75 Å². The van der Waals surface area contributed by atoms with Gasteiger partial charge in [0.25, 0.3) is 5.56 Å². The van der Waals surface area contributed by atoms with Crippen molar-refractivity contribution in [3.63, 3.8) is 0 Å². The summed E-state index contributed by atoms with van der Waals surface area (Å²) in [6.07, 6.45) is 0.803. The van der Waals surface area contributed by atoms with Gasteiger partial charge in [0.05, 0.1) is 11.1 Å². The maximum Gasteiger partial charge on any atom is 0.335 e. The van der Waals surface area contributed by atoms with E-state index in [4.69, 9.17) is 5.11 Å². The van der Waals surface area contributed by atoms with Crippen molar-refractivity contribution in [3.8, 4) is 5.75 Å². The highest BCUT2D eigenvalue weighted by Crippen LogP contribution is 2.24. The van der Waals surface area contributed by atoms with Crippen LogP contribution in [0.4, 0.5) is 0 Å². The molecule has 5 heteroatoms. The Morgan fingerprint density at radius 2 is 2.00 bits per heavy atom. The summed E-state index contributed by atoms with van der Waals surface area (Å²) >= 11 is 0. The van der Waals surface area contributed by atoms with Gasteiger partial charge in [-0.05, 0) is 30.5 Å². The Bertz CT molecular complexity index is 716. The molecule has 0 aliphatic carbocycles. The van der Waals surface area contributed by atoms with Gasteiger partial charge in [-0.25, -0.2) is 4.79 Å². The zero-order chi connectivity index (χ0) is 14.9. The molecule has 0 bridgehead atoms. The lowest BCUT2D eigenvalue weighted by Gasteiger charge is -2.13. The topological polar surface area (TPSA) is 79.5 Å². The average molecular weight is 275 g/mol. The summed E-state index contributed by atoms with van der Waals surface area (Å²) in [5.41, 5.74) is 0.231. The third-order valence-electron chi connectivity index (χ3n) is 3.27. The van der Waals surface area contributed by atoms with E-state index in [9.17, 15) is 14.7 Å². The summed E-state index contributed by atoms with van der Waals surface area (Å²) < 4.78 is 1.52. The number of aryl methyl sites for hydroxylation is 1. The maximum absolute atomic E-state index is 12.0. The SMILES string of the molecule is CC(C)CCn1c(=O)cc(O)c2ccc(C(=O)O)cc21. The fraction of sp³-hybridized carbons (Fsp3) is 0.333. The molecule has 0 saturated heterocycles. The molecule has 2 N–H and O–H groups in total. The molecule has 106 valence electrons. The second-order valence-corrected chi connectivity index (χ2v) is 5.24. The van der Waals surface area contributed by atoms with Crippen LogP contribution in [0.25, 0.3) is 10.9 Å². The highest BCUT2D eigenvalue weighted by Gasteiger charge is 2.11. The third-order valence-corrected chi connectivity index (χ3v) is 3.27. The molecule has 20 heavy (non-hydrogen) atoms. The molecule has 0 fully saturated rings. The second-order valence-electron chi connectivity index (χ2n) is 5.24. The molecule has 0 atom stereocenters. The number of hydrogen-bond donors (Lipinski definition) is 2. The highest BCUT2D eigenvalue weighted by atomic mass is 16.4. The van der Waals surface area contributed by atoms with Crippen LogP contribution in [0.1, 0.15) is 30.6 Å². The minimum Gasteiger partial charge on any atom is -0.507 e. The fourth-order valence-corrected chi connectivity index (χ4v) is 2.11. The largest absolute Gasteiger partial charge is 0.507 e. The lowest BCUT2D eigenvalue weighted by molar-refractivity contribution is 0.0697. The van der Waals surface area contributed by atoms with Gasteiger partial charge in [0, 0.05) is 18.0 Å². The van der Waals surface area contributed by atoms with E-state index in [1.165, 1.54) is 28.8 Å². The molecule has 5 nitrogen and oxygen atoms in total. The number of benzene rings is 1. The first kappa shape index (κ1) is 14.1. The van der Waals surface area contributed by atoms with Crippen molar-refractivity contribution < 1.29 is 15.0 Å². The first-order chi connectivity index (χ1) is 9.40. The van der Waals surface area contributed by atoms with Crippen LogP contribution in [0, 0.1) is 5.92 Å². The lowest BCUT2D eigenvalue weighted by Crippen LogP contribution is -2.20. The van der Waals surface area contributed by atoms with E-state index in [2.05, 4.69) is 13.8 Å². The van der Waals surface area contributed by atoms with Crippen molar-refractivity contribution in [3.05, 3.63) is 40.2 Å². The van der Waals surface area contributed by atoms with Gasteiger partial charge in [-0.2, -0.15) is 0 Å². The molecule has 0 spiro atoms. The Morgan fingerprint density at radius 1 is 1.30 bits per heavy atom. The number of pyridine rings is 1. The third kappa shape index (κ3) is 2.66. The minimum absolute atomic E-state index is 0.0980. The molecule has 1 aromatic carbocycles. The molecule has 0 aliphatic heterocycles. The van der Waals surface area contributed by atoms with Crippen LogP contribution in [-0.2, 0) is 6.54 Å². The van der Waals surface area contributed by atoms with Gasteiger partial charge in [0.1, 0.15) is 5.75 Å². The summed E-state index contributed by atoms with van der Waals surface area (Å²) in [6, 6.07) is 5.54. The summed E-state index contributed by atoms with van der Waals surface area (Å²) in [5.74, 6) is -0.755. The molecule has 1 heterocycles. The van der Waals surface area contributed by atoms with Gasteiger partial charge < -0.3 is 14.8 Å². The predicted octanol–water partition coefficient (Wildman–Crippen LogP) is 2.45. The number of aromatic nitrogens is 1. The average Bonchev–Trinajstić information content (AvgIpc) is 2.37. The molecule has 2 aromatic rings. The molecule has 0 amide bonds. The summed E-state index contributed by atoms with van der Waals surface area (Å²) in [5, 5.41) is 19.3. The highest BCUT2D eigenvalue weighted by molar-refractivity contribution is 5.94. The van der Waals surface area contributed by atoms with Gasteiger partial charge in [0.2, 0.25) is 0 Å². The minimum atomic E-state index is -1.06. The van der Waals surface area contributed by atoms with Crippen molar-refractivity contribution in [1.29, 1.82) is 0 Å². The second kappa shape index (κ2) is 5.36. The van der Waals surface area contributed by atoms with E-state index in [1.54, 1.807) is 0 Å². The number of aromatic hydroxyl groups is 1. The van der Waals surface area contributed by atoms with E-state index >= 15 is 0 Å². The molecule has 2 rings (SSSR count). The number of aromatic carboxylic acids is 1. The van der Waals surface area contributed by atoms with Gasteiger partial charge in [-0.15, -0.1) is 0 Å². The number of fused-ring (bicyclic) bond motifs is 1. The fourth-order valence-electron chi connectivity index (χ4n) is 2.11. The van der Waals surface area contributed by atoms with Crippen LogP contribution in [0.3, 0.4) is 0 Å². The predicted molar refractivity (Wildman–Crippen MR) is 76.3 cm³/mol. The van der Waals surface area contributed by atoms with Crippen LogP contribution >= 0.6 is 0 Å². The van der Waals surface area contributed by atoms with E-state index in [1.807, 2.05) is 0 Å². The number of carboxylic acid groups (broad SMARTS) is 1. The standard InChI is InChI=1S/C15H17NO4/c1-9(2)5-6-16-12-7-10(15(19)20)3-4-11(12)13(17)8-14(16)18/h3-4,7-9,17H,5-6H2,1-2H3,(H,19,20). The van der Waals surface area contributed by atoms with Crippen LogP contribution in [0.2, 0.25) is 0 Å². The van der Waals surface area contributed by atoms with Crippen molar-refractivity contribution in [2.75, 3.05) is 0 Å². The Morgan fingerprint density at radius 3 is 2.60 bits per heavy atom. The van der Waals surface area contributed by atoms with Crippen molar-refractivity contribution >= 4 is 16.9 Å². The summed E-state index contributed by atoms with van der Waals surface area (Å²) in [4.78, 5) is 23.0. The van der Waals surface area contributed by atoms with Gasteiger partial charge in [0.15, 0.2) is 0 Å². The van der Waals surface area contributed by atoms with Crippen LogP contribution in [0.15, 0.2) is 29.1 Å². The number of nitrogens with zero attached hydrogens (tertiary/aromatic N) is 1. The lowest BCUT2D eigenvalue weighted by atomic mass is 10.1. The Balaban J connectivity index is 2.67. The Hall–Kier alpha value is -2.30. The monoisotopic (exact) mass is 275 g/mol. The van der Waals surface area contributed by atoms with E-state index in [0.717, 1.165) is 6.42 Å². The first-order valence-electron chi connectivity index (χ1n) is 6.50. The van der Waals surface area contributed by atoms with Gasteiger partial charge >= 0.3 is 5.97 Å². The number of rotatable bonds is 4. The number of carbonyl (C=O) groups is 1. The first-order valence-corrected chi connectivity index (χ1v) is 6.50. The van der Waals surface area contributed by atoms with Crippen LogP contribution in [-0.4, -0.2) is 20.7 Å². The van der Waals surface area contributed by atoms with Crippen molar-refractivity contribution in [2.24, 2.45) is 5.92 Å². The quantitative estimate of drug-likeness (QED) is 0.898. The summed E-state index contributed by atoms with van der Waals surface area (Å²) in [7, 11) is 0. The van der Waals surface area contributed by atoms with E-state index < -0.39 is 5.97 Å². The van der Waals surface area contributed by atoms with Crippen molar-refractivity contribution in [2.45, 2.75) is 26.8 Å². The molecule has 1 aromatic heterocycles. The van der Waals surface area contributed by atoms with Crippen LogP contribution < -0.4 is 5.56 Å². The molecule has 0 aliphatic rings. The number of hydrogen-bond acceptors (Lipinski definition) is 3. The smallest absolute Gasteiger partial charge is 0.335 e. The maximum atomic E-state index is 12.0. The van der Waals surface area contributed by atoms with Gasteiger partial charge in [-0.1, -0.05) is 13.8 Å². The van der Waals surface area contributed by atoms with E-state index in [-0.39, 0.29) is 16.9 Å². The molecule has 0 unspecified atom stereocenters. The number of carboxylic acids is 1. The molecule has 0 saturated carbocycles. The Labute approximate surface area is 116 Å². The molecular formula is C15H17NO4. The van der Waals surface area contributed by atoms with E-state index in [0.29, 0.717) is 23.4 Å². The molecule has 0 radical (unpaired) electrons. The molecular weight excluding hydrogens is 258 g/mol.